The van der Waals surface area contributed by atoms with Crippen molar-refractivity contribution >= 4 is 22.9 Å². The second-order valence-electron chi connectivity index (χ2n) is 5.30. The molecule has 3 aromatic rings. The summed E-state index contributed by atoms with van der Waals surface area (Å²) < 4.78 is 11.1. The van der Waals surface area contributed by atoms with Crippen molar-refractivity contribution in [2.75, 3.05) is 18.2 Å². The van der Waals surface area contributed by atoms with Gasteiger partial charge in [-0.15, -0.1) is 0 Å². The van der Waals surface area contributed by atoms with Crippen LogP contribution in [0, 0.1) is 0 Å². The molecule has 0 bridgehead atoms. The highest BCUT2D eigenvalue weighted by Crippen LogP contribution is 2.20. The maximum atomic E-state index is 5.77. The van der Waals surface area contributed by atoms with Crippen LogP contribution >= 0.6 is 0 Å². The summed E-state index contributed by atoms with van der Waals surface area (Å²) in [6, 6.07) is 20.0. The average Bonchev–Trinajstić information content (AvgIpc) is 3.28. The number of furan rings is 1. The molecule has 4 nitrogen and oxygen atoms in total. The van der Waals surface area contributed by atoms with Gasteiger partial charge < -0.3 is 9.15 Å². The van der Waals surface area contributed by atoms with Gasteiger partial charge in [0.2, 0.25) is 0 Å². The molecule has 0 saturated carbocycles. The van der Waals surface area contributed by atoms with Gasteiger partial charge in [0.1, 0.15) is 17.4 Å². The summed E-state index contributed by atoms with van der Waals surface area (Å²) in [6.45, 7) is 1.56. The minimum Gasteiger partial charge on any atom is -0.455 e. The molecule has 4 heteroatoms. The molecule has 0 spiro atoms. The SMILES string of the molecule is C(=NN(CC1CO1)c1ccccc1)c1cc2ccccc2o1. The monoisotopic (exact) mass is 292 g/mol. The van der Waals surface area contributed by atoms with E-state index in [1.807, 2.05) is 65.7 Å². The molecular weight excluding hydrogens is 276 g/mol. The lowest BCUT2D eigenvalue weighted by Crippen LogP contribution is -2.22. The molecular formula is C18H16N2O2. The summed E-state index contributed by atoms with van der Waals surface area (Å²) in [4.78, 5) is 0. The van der Waals surface area contributed by atoms with Crippen LogP contribution in [0.25, 0.3) is 11.0 Å². The van der Waals surface area contributed by atoms with E-state index in [0.717, 1.165) is 35.6 Å². The number of benzene rings is 2. The lowest BCUT2D eigenvalue weighted by molar-refractivity contribution is 0.408. The first-order valence-corrected chi connectivity index (χ1v) is 7.35. The fraction of sp³-hybridized carbons (Fsp3) is 0.167. The largest absolute Gasteiger partial charge is 0.455 e. The summed E-state index contributed by atoms with van der Waals surface area (Å²) in [5, 5.41) is 7.61. The standard InChI is InChI=1S/C18H16N2O2/c1-2-7-15(8-3-1)20(12-17-13-21-17)19-11-16-10-14-6-4-5-9-18(14)22-16/h1-11,17H,12-13H2. The third-order valence-corrected chi connectivity index (χ3v) is 3.60. The first-order chi connectivity index (χ1) is 10.9. The topological polar surface area (TPSA) is 41.3 Å². The third-order valence-electron chi connectivity index (χ3n) is 3.60. The van der Waals surface area contributed by atoms with Gasteiger partial charge in [-0.25, -0.2) is 0 Å². The van der Waals surface area contributed by atoms with Crippen molar-refractivity contribution in [1.29, 1.82) is 0 Å². The molecule has 0 aliphatic carbocycles. The van der Waals surface area contributed by atoms with Crippen LogP contribution in [-0.4, -0.2) is 25.5 Å². The number of para-hydroxylation sites is 2. The highest BCUT2D eigenvalue weighted by atomic mass is 16.6. The second kappa shape index (κ2) is 5.66. The van der Waals surface area contributed by atoms with Crippen molar-refractivity contribution in [1.82, 2.24) is 0 Å². The predicted octanol–water partition coefficient (Wildman–Crippen LogP) is 3.67. The molecule has 1 atom stereocenters. The molecule has 2 heterocycles. The quantitative estimate of drug-likeness (QED) is 0.409. The Kier molecular flexibility index (Phi) is 3.37. The molecule has 1 unspecified atom stereocenters. The Morgan fingerprint density at radius 2 is 1.86 bits per heavy atom. The molecule has 4 rings (SSSR count). The van der Waals surface area contributed by atoms with Gasteiger partial charge in [0.25, 0.3) is 0 Å². The number of hydrazone groups is 1. The van der Waals surface area contributed by atoms with Gasteiger partial charge in [-0.05, 0) is 24.3 Å². The van der Waals surface area contributed by atoms with Crippen molar-refractivity contribution in [3.05, 3.63) is 66.4 Å². The molecule has 0 N–H and O–H groups in total. The van der Waals surface area contributed by atoms with E-state index in [-0.39, 0.29) is 6.10 Å². The van der Waals surface area contributed by atoms with Crippen LogP contribution in [0.3, 0.4) is 0 Å². The Bertz CT molecular complexity index is 758. The minimum absolute atomic E-state index is 0.271. The van der Waals surface area contributed by atoms with Crippen LogP contribution in [0.15, 0.2) is 70.2 Å². The van der Waals surface area contributed by atoms with Gasteiger partial charge in [0.05, 0.1) is 25.1 Å². The molecule has 1 aliphatic rings. The Labute approximate surface area is 128 Å². The number of epoxide rings is 1. The number of anilines is 1. The molecule has 22 heavy (non-hydrogen) atoms. The van der Waals surface area contributed by atoms with Crippen LogP contribution in [0.2, 0.25) is 0 Å². The fourth-order valence-corrected chi connectivity index (χ4v) is 2.38. The smallest absolute Gasteiger partial charge is 0.148 e. The number of rotatable bonds is 5. The fourth-order valence-electron chi connectivity index (χ4n) is 2.38. The van der Waals surface area contributed by atoms with Crippen molar-refractivity contribution in [3.8, 4) is 0 Å². The summed E-state index contributed by atoms with van der Waals surface area (Å²) in [5.74, 6) is 0.749. The van der Waals surface area contributed by atoms with E-state index in [4.69, 9.17) is 9.15 Å². The van der Waals surface area contributed by atoms with E-state index in [9.17, 15) is 0 Å². The lowest BCUT2D eigenvalue weighted by Gasteiger charge is -2.17. The van der Waals surface area contributed by atoms with Crippen molar-refractivity contribution in [2.45, 2.75) is 6.10 Å². The number of ether oxygens (including phenoxy) is 1. The minimum atomic E-state index is 0.271. The predicted molar refractivity (Wildman–Crippen MR) is 87.3 cm³/mol. The van der Waals surface area contributed by atoms with Crippen LogP contribution in [0.5, 0.6) is 0 Å². The lowest BCUT2D eigenvalue weighted by atomic mass is 10.2. The molecule has 1 fully saturated rings. The summed E-state index contributed by atoms with van der Waals surface area (Å²) in [6.07, 6.45) is 2.03. The first-order valence-electron chi connectivity index (χ1n) is 7.35. The van der Waals surface area contributed by atoms with Gasteiger partial charge in [0.15, 0.2) is 0 Å². The number of hydrogen-bond acceptors (Lipinski definition) is 4. The summed E-state index contributed by atoms with van der Waals surface area (Å²) in [5.41, 5.74) is 1.92. The van der Waals surface area contributed by atoms with Gasteiger partial charge >= 0.3 is 0 Å². The van der Waals surface area contributed by atoms with Gasteiger partial charge in [-0.1, -0.05) is 36.4 Å². The van der Waals surface area contributed by atoms with Crippen LogP contribution in [0.1, 0.15) is 5.76 Å². The average molecular weight is 292 g/mol. The van der Waals surface area contributed by atoms with Crippen molar-refractivity contribution in [3.63, 3.8) is 0 Å². The van der Waals surface area contributed by atoms with Crippen molar-refractivity contribution < 1.29 is 9.15 Å². The van der Waals surface area contributed by atoms with E-state index in [1.165, 1.54) is 0 Å². The Morgan fingerprint density at radius 3 is 2.64 bits per heavy atom. The molecule has 110 valence electrons. The normalized spacial score (nSPS) is 17.2. The number of nitrogens with zero attached hydrogens (tertiary/aromatic N) is 2. The van der Waals surface area contributed by atoms with Gasteiger partial charge in [-0.3, -0.25) is 5.01 Å². The van der Waals surface area contributed by atoms with Crippen LogP contribution < -0.4 is 5.01 Å². The Morgan fingerprint density at radius 1 is 1.09 bits per heavy atom. The molecule has 1 saturated heterocycles. The maximum Gasteiger partial charge on any atom is 0.148 e. The molecule has 0 radical (unpaired) electrons. The number of fused-ring (bicyclic) bond motifs is 1. The zero-order valence-electron chi connectivity index (χ0n) is 12.1. The molecule has 1 aromatic heterocycles. The highest BCUT2D eigenvalue weighted by Gasteiger charge is 2.25. The van der Waals surface area contributed by atoms with E-state index in [0.29, 0.717) is 0 Å². The second-order valence-corrected chi connectivity index (χ2v) is 5.30. The maximum absolute atomic E-state index is 5.77. The van der Waals surface area contributed by atoms with E-state index >= 15 is 0 Å². The summed E-state index contributed by atoms with van der Waals surface area (Å²) >= 11 is 0. The Hall–Kier alpha value is -2.59. The third kappa shape index (κ3) is 2.87. The molecule has 1 aliphatic heterocycles. The van der Waals surface area contributed by atoms with Gasteiger partial charge in [-0.2, -0.15) is 5.10 Å². The van der Waals surface area contributed by atoms with Crippen LogP contribution in [-0.2, 0) is 4.74 Å². The summed E-state index contributed by atoms with van der Waals surface area (Å²) in [7, 11) is 0. The highest BCUT2D eigenvalue weighted by molar-refractivity contribution is 5.87. The number of hydrogen-bond donors (Lipinski definition) is 0. The Balaban J connectivity index is 1.59. The van der Waals surface area contributed by atoms with Gasteiger partial charge in [0, 0.05) is 5.39 Å². The van der Waals surface area contributed by atoms with E-state index in [1.54, 1.807) is 6.21 Å². The van der Waals surface area contributed by atoms with Crippen molar-refractivity contribution in [2.24, 2.45) is 5.10 Å². The van der Waals surface area contributed by atoms with Crippen LogP contribution in [0.4, 0.5) is 5.69 Å². The zero-order chi connectivity index (χ0) is 14.8. The zero-order valence-corrected chi connectivity index (χ0v) is 12.1. The molecule has 0 amide bonds. The first kappa shape index (κ1) is 13.1. The molecule has 2 aromatic carbocycles. The van der Waals surface area contributed by atoms with E-state index < -0.39 is 0 Å². The van der Waals surface area contributed by atoms with E-state index in [2.05, 4.69) is 5.10 Å².